The summed E-state index contributed by atoms with van der Waals surface area (Å²) < 4.78 is 23.8. The highest BCUT2D eigenvalue weighted by Crippen LogP contribution is 2.28. The number of nitrogen functional groups attached to an aromatic ring is 1. The zero-order chi connectivity index (χ0) is 11.4. The van der Waals surface area contributed by atoms with Crippen molar-refractivity contribution in [2.45, 2.75) is 6.43 Å². The molecule has 0 spiro atoms. The number of pyridine rings is 1. The first-order valence-electron chi connectivity index (χ1n) is 3.89. The van der Waals surface area contributed by atoms with Crippen LogP contribution in [0.25, 0.3) is 0 Å². The number of hydrogen-bond acceptors (Lipinski definition) is 4. The fourth-order valence-corrected chi connectivity index (χ4v) is 1.35. The van der Waals surface area contributed by atoms with Gasteiger partial charge in [0.1, 0.15) is 5.82 Å². The van der Waals surface area contributed by atoms with Gasteiger partial charge in [-0.3, -0.25) is 0 Å². The average molecular weight is 257 g/mol. The molecule has 1 heterocycles. The molecule has 0 aromatic carbocycles. The lowest BCUT2D eigenvalue weighted by Crippen LogP contribution is -2.14. The third kappa shape index (κ3) is 3.33. The number of nitrogens with zero attached hydrogens (tertiary/aromatic N) is 1. The fraction of sp³-hybridized carbons (Fsp3) is 0.286. The lowest BCUT2D eigenvalue weighted by atomic mass is 10.4. The zero-order valence-electron chi connectivity index (χ0n) is 7.40. The van der Waals surface area contributed by atoms with E-state index in [1.807, 2.05) is 0 Å². The highest BCUT2D eigenvalue weighted by molar-refractivity contribution is 6.37. The number of alkyl halides is 2. The lowest BCUT2D eigenvalue weighted by Gasteiger charge is -2.09. The van der Waals surface area contributed by atoms with E-state index in [1.165, 1.54) is 6.07 Å². The van der Waals surface area contributed by atoms with Gasteiger partial charge in [0.25, 0.3) is 6.43 Å². The summed E-state index contributed by atoms with van der Waals surface area (Å²) in [5, 5.41) is 2.73. The Balaban J connectivity index is 2.87. The molecule has 1 rings (SSSR count). The number of aromatic nitrogens is 1. The predicted molar refractivity (Wildman–Crippen MR) is 56.6 cm³/mol. The molecule has 0 aliphatic rings. The van der Waals surface area contributed by atoms with Gasteiger partial charge >= 0.3 is 0 Å². The second kappa shape index (κ2) is 5.29. The first-order valence-corrected chi connectivity index (χ1v) is 4.65. The van der Waals surface area contributed by atoms with Crippen LogP contribution in [0.2, 0.25) is 10.0 Å². The third-order valence-corrected chi connectivity index (χ3v) is 2.07. The van der Waals surface area contributed by atoms with Crippen LogP contribution in [-0.2, 0) is 0 Å². The Morgan fingerprint density at radius 3 is 2.47 bits per heavy atom. The predicted octanol–water partition coefficient (Wildman–Crippen LogP) is 2.35. The van der Waals surface area contributed by atoms with Gasteiger partial charge in [-0.15, -0.1) is 0 Å². The minimum atomic E-state index is -2.49. The maximum absolute atomic E-state index is 11.9. The van der Waals surface area contributed by atoms with Gasteiger partial charge in [-0.1, -0.05) is 23.2 Å². The SMILES string of the molecule is NNc1nc(NCC(F)F)c(Cl)cc1Cl. The van der Waals surface area contributed by atoms with Crippen LogP contribution in [0, 0.1) is 0 Å². The van der Waals surface area contributed by atoms with E-state index in [1.54, 1.807) is 0 Å². The van der Waals surface area contributed by atoms with Crippen LogP contribution in [0.3, 0.4) is 0 Å². The van der Waals surface area contributed by atoms with Crippen LogP contribution in [0.4, 0.5) is 20.4 Å². The Kier molecular flexibility index (Phi) is 4.31. The Labute approximate surface area is 94.7 Å². The largest absolute Gasteiger partial charge is 0.363 e. The van der Waals surface area contributed by atoms with E-state index < -0.39 is 13.0 Å². The van der Waals surface area contributed by atoms with E-state index in [4.69, 9.17) is 29.0 Å². The number of rotatable bonds is 4. The molecule has 0 radical (unpaired) electrons. The molecular weight excluding hydrogens is 249 g/mol. The number of halogens is 4. The molecule has 0 saturated carbocycles. The Bertz CT molecular complexity index is 348. The van der Waals surface area contributed by atoms with Crippen molar-refractivity contribution in [3.8, 4) is 0 Å². The highest BCUT2D eigenvalue weighted by Gasteiger charge is 2.10. The monoisotopic (exact) mass is 256 g/mol. The van der Waals surface area contributed by atoms with Gasteiger partial charge in [0.2, 0.25) is 0 Å². The summed E-state index contributed by atoms with van der Waals surface area (Å²) in [7, 11) is 0. The summed E-state index contributed by atoms with van der Waals surface area (Å²) in [6, 6.07) is 1.36. The van der Waals surface area contributed by atoms with Crippen LogP contribution in [0.15, 0.2) is 6.07 Å². The standard InChI is InChI=1S/C7H8Cl2F2N4/c8-3-1-4(9)7(15-12)14-6(3)13-2-5(10)11/h1,5H,2,12H2,(H2,13,14,15). The molecule has 15 heavy (non-hydrogen) atoms. The summed E-state index contributed by atoms with van der Waals surface area (Å²) in [6.45, 7) is -0.543. The quantitative estimate of drug-likeness (QED) is 0.572. The van der Waals surface area contributed by atoms with Gasteiger partial charge in [0, 0.05) is 0 Å². The molecule has 4 N–H and O–H groups in total. The molecule has 0 unspecified atom stereocenters. The van der Waals surface area contributed by atoms with Crippen LogP contribution < -0.4 is 16.6 Å². The molecule has 1 aromatic heterocycles. The molecule has 1 aromatic rings. The second-order valence-electron chi connectivity index (χ2n) is 2.57. The van der Waals surface area contributed by atoms with Crippen molar-refractivity contribution in [3.05, 3.63) is 16.1 Å². The Morgan fingerprint density at radius 1 is 1.33 bits per heavy atom. The molecule has 0 bridgehead atoms. The van der Waals surface area contributed by atoms with Crippen molar-refractivity contribution in [2.75, 3.05) is 17.3 Å². The van der Waals surface area contributed by atoms with Gasteiger partial charge in [0.15, 0.2) is 5.82 Å². The number of nitrogens with one attached hydrogen (secondary N) is 2. The maximum atomic E-state index is 11.9. The average Bonchev–Trinajstić information content (AvgIpc) is 2.16. The minimum Gasteiger partial charge on any atom is -0.363 e. The number of hydrogen-bond donors (Lipinski definition) is 3. The number of nitrogens with two attached hydrogens (primary N) is 1. The number of hydrazine groups is 1. The molecule has 0 atom stereocenters. The first kappa shape index (κ1) is 12.2. The normalized spacial score (nSPS) is 10.5. The van der Waals surface area contributed by atoms with E-state index in [9.17, 15) is 8.78 Å². The Hall–Kier alpha value is -0.850. The molecular formula is C7H8Cl2F2N4. The summed E-state index contributed by atoms with van der Waals surface area (Å²) in [4.78, 5) is 3.82. The van der Waals surface area contributed by atoms with E-state index in [0.29, 0.717) is 0 Å². The Morgan fingerprint density at radius 2 is 1.93 bits per heavy atom. The minimum absolute atomic E-state index is 0.106. The lowest BCUT2D eigenvalue weighted by molar-refractivity contribution is 0.163. The van der Waals surface area contributed by atoms with Crippen LogP contribution in [-0.4, -0.2) is 18.0 Å². The molecule has 4 nitrogen and oxygen atoms in total. The van der Waals surface area contributed by atoms with Gasteiger partial charge in [-0.2, -0.15) is 0 Å². The topological polar surface area (TPSA) is 63.0 Å². The molecule has 0 fully saturated rings. The fourth-order valence-electron chi connectivity index (χ4n) is 0.866. The van der Waals surface area contributed by atoms with Gasteiger partial charge in [-0.05, 0) is 6.07 Å². The smallest absolute Gasteiger partial charge is 0.255 e. The van der Waals surface area contributed by atoms with Crippen molar-refractivity contribution in [3.63, 3.8) is 0 Å². The third-order valence-electron chi connectivity index (χ3n) is 1.49. The summed E-state index contributed by atoms with van der Waals surface area (Å²) in [5.74, 6) is 5.38. The molecule has 84 valence electrons. The zero-order valence-corrected chi connectivity index (χ0v) is 8.91. The van der Waals surface area contributed by atoms with Crippen molar-refractivity contribution >= 4 is 34.8 Å². The molecule has 0 aliphatic carbocycles. The van der Waals surface area contributed by atoms with Crippen molar-refractivity contribution in [2.24, 2.45) is 5.84 Å². The van der Waals surface area contributed by atoms with E-state index >= 15 is 0 Å². The van der Waals surface area contributed by atoms with Crippen molar-refractivity contribution in [1.82, 2.24) is 4.98 Å². The van der Waals surface area contributed by atoms with E-state index in [2.05, 4.69) is 15.7 Å². The summed E-state index contributed by atoms with van der Waals surface area (Å²) in [5.41, 5.74) is 2.22. The van der Waals surface area contributed by atoms with Crippen LogP contribution in [0.1, 0.15) is 0 Å². The van der Waals surface area contributed by atoms with Gasteiger partial charge in [0.05, 0.1) is 16.6 Å². The maximum Gasteiger partial charge on any atom is 0.255 e. The van der Waals surface area contributed by atoms with Crippen LogP contribution in [0.5, 0.6) is 0 Å². The molecule has 0 aliphatic heterocycles. The summed E-state index contributed by atoms with van der Waals surface area (Å²) >= 11 is 11.4. The van der Waals surface area contributed by atoms with Crippen molar-refractivity contribution in [1.29, 1.82) is 0 Å². The van der Waals surface area contributed by atoms with Crippen LogP contribution >= 0.6 is 23.2 Å². The first-order chi connectivity index (χ1) is 7.04. The highest BCUT2D eigenvalue weighted by atomic mass is 35.5. The summed E-state index contributed by atoms with van der Waals surface area (Å²) in [6.07, 6.45) is -2.49. The van der Waals surface area contributed by atoms with E-state index in [-0.39, 0.29) is 21.7 Å². The van der Waals surface area contributed by atoms with Gasteiger partial charge in [-0.25, -0.2) is 19.6 Å². The molecule has 0 amide bonds. The van der Waals surface area contributed by atoms with Gasteiger partial charge < -0.3 is 10.7 Å². The van der Waals surface area contributed by atoms with E-state index in [0.717, 1.165) is 0 Å². The van der Waals surface area contributed by atoms with Crippen molar-refractivity contribution < 1.29 is 8.78 Å². The number of anilines is 2. The molecule has 0 saturated heterocycles. The molecule has 8 heteroatoms. The second-order valence-corrected chi connectivity index (χ2v) is 3.38.